The van der Waals surface area contributed by atoms with Crippen molar-refractivity contribution in [1.29, 1.82) is 0 Å². The molecule has 0 saturated carbocycles. The summed E-state index contributed by atoms with van der Waals surface area (Å²) in [6.07, 6.45) is 0. The third kappa shape index (κ3) is 5.00. The van der Waals surface area contributed by atoms with E-state index in [1.54, 1.807) is 32.4 Å². The van der Waals surface area contributed by atoms with Gasteiger partial charge in [-0.3, -0.25) is 9.69 Å². The van der Waals surface area contributed by atoms with Crippen LogP contribution < -0.4 is 19.9 Å². The van der Waals surface area contributed by atoms with Gasteiger partial charge < -0.3 is 14.8 Å². The van der Waals surface area contributed by atoms with Gasteiger partial charge in [0.05, 0.1) is 19.1 Å². The molecule has 0 spiro atoms. The fourth-order valence-corrected chi connectivity index (χ4v) is 3.41. The van der Waals surface area contributed by atoms with Crippen molar-refractivity contribution in [3.05, 3.63) is 53.6 Å². The first-order valence-electron chi connectivity index (χ1n) is 8.65. The number of ether oxygens (including phenoxy) is 2. The van der Waals surface area contributed by atoms with Crippen LogP contribution in [0.25, 0.3) is 0 Å². The second-order valence-electron chi connectivity index (χ2n) is 6.57. The zero-order valence-corrected chi connectivity index (χ0v) is 16.5. The Morgan fingerprint density at radius 1 is 1.11 bits per heavy atom. The Balaban J connectivity index is 1.52. The summed E-state index contributed by atoms with van der Waals surface area (Å²) in [4.78, 5) is 14.4. The van der Waals surface area contributed by atoms with E-state index in [4.69, 9.17) is 14.6 Å². The first-order chi connectivity index (χ1) is 13.3. The fraction of sp³-hybridized carbons (Fsp3) is 0.316. The van der Waals surface area contributed by atoms with E-state index in [1.807, 2.05) is 17.0 Å². The molecular formula is C19H23N3O5S. The maximum absolute atomic E-state index is 12.3. The summed E-state index contributed by atoms with van der Waals surface area (Å²) in [5.74, 6) is 1.35. The van der Waals surface area contributed by atoms with Gasteiger partial charge in [0.15, 0.2) is 0 Å². The van der Waals surface area contributed by atoms with E-state index >= 15 is 0 Å². The number of nitrogens with one attached hydrogen (secondary N) is 1. The molecule has 2 atom stereocenters. The molecule has 2 aromatic carbocycles. The van der Waals surface area contributed by atoms with Gasteiger partial charge in [-0.2, -0.15) is 0 Å². The van der Waals surface area contributed by atoms with Crippen LogP contribution in [0.15, 0.2) is 47.4 Å². The number of nitrogens with two attached hydrogens (primary N) is 1. The average Bonchev–Trinajstić information content (AvgIpc) is 3.44. The van der Waals surface area contributed by atoms with Gasteiger partial charge in [-0.25, -0.2) is 13.6 Å². The molecule has 3 N–H and O–H groups in total. The SMILES string of the molecule is COc1cc(CN2CC2C(=O)NCc2ccc(S(N)(=O)=O)cc2)cc(OC)c1. The molecule has 9 heteroatoms. The predicted octanol–water partition coefficient (Wildman–Crippen LogP) is 0.852. The smallest absolute Gasteiger partial charge is 0.238 e. The summed E-state index contributed by atoms with van der Waals surface area (Å²) in [5.41, 5.74) is 1.80. The monoisotopic (exact) mass is 405 g/mol. The molecule has 2 unspecified atom stereocenters. The third-order valence-corrected chi connectivity index (χ3v) is 5.46. The molecule has 0 aliphatic carbocycles. The Labute approximate surface area is 164 Å². The molecule has 1 amide bonds. The minimum Gasteiger partial charge on any atom is -0.497 e. The number of nitrogens with zero attached hydrogens (tertiary/aromatic N) is 1. The van der Waals surface area contributed by atoms with Crippen LogP contribution in [0.3, 0.4) is 0 Å². The Bertz CT molecular complexity index is 938. The number of carbonyl (C=O) groups is 1. The first-order valence-corrected chi connectivity index (χ1v) is 10.2. The van der Waals surface area contributed by atoms with Crippen LogP contribution in [0.4, 0.5) is 0 Å². The average molecular weight is 405 g/mol. The highest BCUT2D eigenvalue weighted by molar-refractivity contribution is 7.89. The molecule has 8 nitrogen and oxygen atoms in total. The van der Waals surface area contributed by atoms with E-state index in [1.165, 1.54) is 12.1 Å². The van der Waals surface area contributed by atoms with Crippen molar-refractivity contribution >= 4 is 15.9 Å². The van der Waals surface area contributed by atoms with Gasteiger partial charge in [-0.05, 0) is 35.4 Å². The van der Waals surface area contributed by atoms with Gasteiger partial charge in [0.2, 0.25) is 15.9 Å². The van der Waals surface area contributed by atoms with Crippen molar-refractivity contribution in [3.8, 4) is 11.5 Å². The number of amides is 1. The highest BCUT2D eigenvalue weighted by Crippen LogP contribution is 2.27. The van der Waals surface area contributed by atoms with E-state index in [9.17, 15) is 13.2 Å². The lowest BCUT2D eigenvalue weighted by molar-refractivity contribution is -0.121. The number of hydrogen-bond acceptors (Lipinski definition) is 6. The summed E-state index contributed by atoms with van der Waals surface area (Å²) in [6, 6.07) is 11.6. The third-order valence-electron chi connectivity index (χ3n) is 4.53. The zero-order chi connectivity index (χ0) is 20.3. The molecule has 150 valence electrons. The summed E-state index contributed by atoms with van der Waals surface area (Å²) >= 11 is 0. The molecule has 1 fully saturated rings. The Morgan fingerprint density at radius 3 is 2.25 bits per heavy atom. The molecule has 1 heterocycles. The lowest BCUT2D eigenvalue weighted by Gasteiger charge is -2.10. The Kier molecular flexibility index (Phi) is 5.87. The highest BCUT2D eigenvalue weighted by Gasteiger charge is 2.40. The molecule has 2 aromatic rings. The quantitative estimate of drug-likeness (QED) is 0.630. The molecule has 1 aliphatic heterocycles. The van der Waals surface area contributed by atoms with Crippen molar-refractivity contribution in [2.45, 2.75) is 24.0 Å². The van der Waals surface area contributed by atoms with Crippen molar-refractivity contribution in [3.63, 3.8) is 0 Å². The zero-order valence-electron chi connectivity index (χ0n) is 15.7. The van der Waals surface area contributed by atoms with Crippen LogP contribution in [0, 0.1) is 0 Å². The molecule has 0 aromatic heterocycles. The van der Waals surface area contributed by atoms with E-state index in [0.717, 1.165) is 11.1 Å². The van der Waals surface area contributed by atoms with Crippen molar-refractivity contribution in [1.82, 2.24) is 10.2 Å². The van der Waals surface area contributed by atoms with E-state index in [0.29, 0.717) is 31.1 Å². The lowest BCUT2D eigenvalue weighted by atomic mass is 10.2. The molecular weight excluding hydrogens is 382 g/mol. The highest BCUT2D eigenvalue weighted by atomic mass is 32.2. The lowest BCUT2D eigenvalue weighted by Crippen LogP contribution is -2.29. The topological polar surface area (TPSA) is 111 Å². The second kappa shape index (κ2) is 8.17. The molecule has 0 radical (unpaired) electrons. The number of benzene rings is 2. The normalized spacial score (nSPS) is 18.4. The van der Waals surface area contributed by atoms with E-state index < -0.39 is 10.0 Å². The first kappa shape index (κ1) is 20.1. The predicted molar refractivity (Wildman–Crippen MR) is 103 cm³/mol. The minimum atomic E-state index is -3.71. The van der Waals surface area contributed by atoms with Crippen LogP contribution >= 0.6 is 0 Å². The number of carbonyl (C=O) groups excluding carboxylic acids is 1. The van der Waals surface area contributed by atoms with Gasteiger partial charge in [0, 0.05) is 25.7 Å². The van der Waals surface area contributed by atoms with Gasteiger partial charge in [-0.15, -0.1) is 0 Å². The molecule has 3 rings (SSSR count). The largest absolute Gasteiger partial charge is 0.497 e. The van der Waals surface area contributed by atoms with Gasteiger partial charge in [-0.1, -0.05) is 12.1 Å². The summed E-state index contributed by atoms with van der Waals surface area (Å²) in [6.45, 7) is 1.62. The van der Waals surface area contributed by atoms with Gasteiger partial charge in [0.1, 0.15) is 17.5 Å². The van der Waals surface area contributed by atoms with E-state index in [2.05, 4.69) is 5.32 Å². The van der Waals surface area contributed by atoms with Gasteiger partial charge in [0.25, 0.3) is 0 Å². The van der Waals surface area contributed by atoms with Crippen LogP contribution in [-0.2, 0) is 27.9 Å². The van der Waals surface area contributed by atoms with Gasteiger partial charge >= 0.3 is 0 Å². The molecule has 28 heavy (non-hydrogen) atoms. The Morgan fingerprint density at radius 2 is 1.71 bits per heavy atom. The Hall–Kier alpha value is -2.62. The van der Waals surface area contributed by atoms with E-state index in [-0.39, 0.29) is 16.8 Å². The second-order valence-corrected chi connectivity index (χ2v) is 8.13. The summed E-state index contributed by atoms with van der Waals surface area (Å²) in [5, 5.41) is 7.94. The fourth-order valence-electron chi connectivity index (χ4n) is 2.89. The van der Waals surface area contributed by atoms with Crippen molar-refractivity contribution in [2.24, 2.45) is 5.14 Å². The maximum Gasteiger partial charge on any atom is 0.238 e. The molecule has 0 bridgehead atoms. The maximum atomic E-state index is 12.3. The number of rotatable bonds is 8. The van der Waals surface area contributed by atoms with Crippen LogP contribution in [0.5, 0.6) is 11.5 Å². The van der Waals surface area contributed by atoms with Crippen LogP contribution in [-0.4, -0.2) is 46.0 Å². The number of primary sulfonamides is 1. The summed E-state index contributed by atoms with van der Waals surface area (Å²) in [7, 11) is -0.516. The standard InChI is InChI=1S/C19H23N3O5S/c1-26-15-7-14(8-16(9-15)27-2)11-22-12-18(22)19(23)21-10-13-3-5-17(6-4-13)28(20,24)25/h3-9,18H,10-12H2,1-2H3,(H,21,23)(H2,20,24,25). The summed E-state index contributed by atoms with van der Waals surface area (Å²) < 4.78 is 33.1. The van der Waals surface area contributed by atoms with Crippen LogP contribution in [0.1, 0.15) is 11.1 Å². The van der Waals surface area contributed by atoms with Crippen molar-refractivity contribution in [2.75, 3.05) is 20.8 Å². The van der Waals surface area contributed by atoms with Crippen molar-refractivity contribution < 1.29 is 22.7 Å². The molecule has 1 aliphatic rings. The number of methoxy groups -OCH3 is 2. The molecule has 1 saturated heterocycles. The van der Waals surface area contributed by atoms with Crippen LogP contribution in [0.2, 0.25) is 0 Å². The number of sulfonamides is 1. The number of hydrogen-bond donors (Lipinski definition) is 2. The minimum absolute atomic E-state index is 0.0460.